The smallest absolute Gasteiger partial charge is 0.239 e. The number of hydrogen-bond donors (Lipinski definition) is 2. The van der Waals surface area contributed by atoms with E-state index in [1.807, 2.05) is 0 Å². The predicted molar refractivity (Wildman–Crippen MR) is 61.0 cm³/mol. The molecule has 3 N–H and O–H groups in total. The number of nitrogens with one attached hydrogen (secondary N) is 1. The lowest BCUT2D eigenvalue weighted by Crippen LogP contribution is -2.45. The van der Waals surface area contributed by atoms with Gasteiger partial charge < -0.3 is 20.5 Å². The Morgan fingerprint density at radius 3 is 3.06 bits per heavy atom. The highest BCUT2D eigenvalue weighted by Crippen LogP contribution is 2.22. The van der Waals surface area contributed by atoms with Crippen LogP contribution in [0.25, 0.3) is 0 Å². The number of rotatable bonds is 6. The summed E-state index contributed by atoms with van der Waals surface area (Å²) in [5.41, 5.74) is 5.61. The van der Waals surface area contributed by atoms with Crippen molar-refractivity contribution in [1.29, 1.82) is 0 Å². The second kappa shape index (κ2) is 6.83. The maximum atomic E-state index is 11.5. The highest BCUT2D eigenvalue weighted by atomic mass is 16.5. The molecule has 1 amide bonds. The van der Waals surface area contributed by atoms with Crippen LogP contribution in [0.1, 0.15) is 19.8 Å². The van der Waals surface area contributed by atoms with Crippen molar-refractivity contribution in [2.24, 2.45) is 11.7 Å². The van der Waals surface area contributed by atoms with Gasteiger partial charge in [-0.05, 0) is 12.8 Å². The molecule has 1 fully saturated rings. The Labute approximate surface area is 96.7 Å². The van der Waals surface area contributed by atoms with Gasteiger partial charge in [0, 0.05) is 26.2 Å². The Kier molecular flexibility index (Phi) is 5.73. The standard InChI is InChI=1S/C11H22N2O3/c1-3-10-8(4-5-16-10)6-13-11(14)9(12)7-15-2/h8-10H,3-7,12H2,1-2H3,(H,13,14). The van der Waals surface area contributed by atoms with Gasteiger partial charge in [0.1, 0.15) is 6.04 Å². The summed E-state index contributed by atoms with van der Waals surface area (Å²) >= 11 is 0. The zero-order valence-corrected chi connectivity index (χ0v) is 10.1. The molecule has 1 heterocycles. The van der Waals surface area contributed by atoms with Gasteiger partial charge in [0.05, 0.1) is 12.7 Å². The molecule has 1 rings (SSSR count). The van der Waals surface area contributed by atoms with Gasteiger partial charge in [0.2, 0.25) is 5.91 Å². The fourth-order valence-electron chi connectivity index (χ4n) is 2.00. The van der Waals surface area contributed by atoms with Crippen LogP contribution in [0.2, 0.25) is 0 Å². The summed E-state index contributed by atoms with van der Waals surface area (Å²) in [4.78, 5) is 11.5. The summed E-state index contributed by atoms with van der Waals surface area (Å²) in [7, 11) is 1.53. The van der Waals surface area contributed by atoms with E-state index < -0.39 is 6.04 Å². The monoisotopic (exact) mass is 230 g/mol. The van der Waals surface area contributed by atoms with E-state index in [1.54, 1.807) is 0 Å². The van der Waals surface area contributed by atoms with Crippen LogP contribution in [-0.4, -0.2) is 44.9 Å². The summed E-state index contributed by atoms with van der Waals surface area (Å²) in [5, 5.41) is 2.85. The summed E-state index contributed by atoms with van der Waals surface area (Å²) in [6.45, 7) is 3.80. The molecule has 3 unspecified atom stereocenters. The van der Waals surface area contributed by atoms with Crippen LogP contribution in [0.3, 0.4) is 0 Å². The Morgan fingerprint density at radius 2 is 2.44 bits per heavy atom. The Bertz CT molecular complexity index is 223. The molecular formula is C11H22N2O3. The molecule has 3 atom stereocenters. The highest BCUT2D eigenvalue weighted by Gasteiger charge is 2.27. The second-order valence-electron chi connectivity index (χ2n) is 4.17. The molecule has 1 aliphatic heterocycles. The average molecular weight is 230 g/mol. The maximum absolute atomic E-state index is 11.5. The number of methoxy groups -OCH3 is 1. The first kappa shape index (κ1) is 13.4. The van der Waals surface area contributed by atoms with Crippen LogP contribution < -0.4 is 11.1 Å². The third-order valence-corrected chi connectivity index (χ3v) is 2.97. The van der Waals surface area contributed by atoms with E-state index in [-0.39, 0.29) is 18.6 Å². The zero-order valence-electron chi connectivity index (χ0n) is 10.1. The molecule has 5 nitrogen and oxygen atoms in total. The first-order valence-electron chi connectivity index (χ1n) is 5.82. The van der Waals surface area contributed by atoms with Gasteiger partial charge in [-0.2, -0.15) is 0 Å². The van der Waals surface area contributed by atoms with Crippen molar-refractivity contribution in [1.82, 2.24) is 5.32 Å². The lowest BCUT2D eigenvalue weighted by molar-refractivity contribution is -0.123. The Morgan fingerprint density at radius 1 is 1.69 bits per heavy atom. The van der Waals surface area contributed by atoms with Gasteiger partial charge in [-0.15, -0.1) is 0 Å². The van der Waals surface area contributed by atoms with Gasteiger partial charge >= 0.3 is 0 Å². The molecule has 0 aromatic heterocycles. The fourth-order valence-corrected chi connectivity index (χ4v) is 2.00. The van der Waals surface area contributed by atoms with Crippen LogP contribution in [0.4, 0.5) is 0 Å². The van der Waals surface area contributed by atoms with Gasteiger partial charge in [-0.3, -0.25) is 4.79 Å². The van der Waals surface area contributed by atoms with Crippen molar-refractivity contribution < 1.29 is 14.3 Å². The largest absolute Gasteiger partial charge is 0.383 e. The quantitative estimate of drug-likeness (QED) is 0.668. The van der Waals surface area contributed by atoms with E-state index in [1.165, 1.54) is 7.11 Å². The number of carbonyl (C=O) groups is 1. The van der Waals surface area contributed by atoms with Crippen LogP contribution in [-0.2, 0) is 14.3 Å². The molecule has 0 saturated carbocycles. The van der Waals surface area contributed by atoms with Gasteiger partial charge in [-0.1, -0.05) is 6.92 Å². The minimum Gasteiger partial charge on any atom is -0.383 e. The fraction of sp³-hybridized carbons (Fsp3) is 0.909. The van der Waals surface area contributed by atoms with E-state index >= 15 is 0 Å². The second-order valence-corrected chi connectivity index (χ2v) is 4.17. The van der Waals surface area contributed by atoms with E-state index in [0.29, 0.717) is 12.5 Å². The molecule has 0 aromatic carbocycles. The lowest BCUT2D eigenvalue weighted by Gasteiger charge is -2.18. The molecule has 5 heteroatoms. The third kappa shape index (κ3) is 3.73. The first-order valence-corrected chi connectivity index (χ1v) is 5.82. The summed E-state index contributed by atoms with van der Waals surface area (Å²) in [6.07, 6.45) is 2.28. The van der Waals surface area contributed by atoms with Crippen LogP contribution in [0.15, 0.2) is 0 Å². The van der Waals surface area contributed by atoms with Crippen LogP contribution in [0, 0.1) is 5.92 Å². The number of hydrogen-bond acceptors (Lipinski definition) is 4. The van der Waals surface area contributed by atoms with E-state index in [4.69, 9.17) is 15.2 Å². The SMILES string of the molecule is CCC1OCCC1CNC(=O)C(N)COC. The number of amides is 1. The molecule has 0 spiro atoms. The maximum Gasteiger partial charge on any atom is 0.239 e. The molecule has 0 radical (unpaired) electrons. The van der Waals surface area contributed by atoms with Gasteiger partial charge in [0.25, 0.3) is 0 Å². The minimum absolute atomic E-state index is 0.149. The van der Waals surface area contributed by atoms with E-state index in [0.717, 1.165) is 19.4 Å². The first-order chi connectivity index (χ1) is 7.69. The Balaban J connectivity index is 2.25. The molecule has 16 heavy (non-hydrogen) atoms. The summed E-state index contributed by atoms with van der Waals surface area (Å²) < 4.78 is 10.4. The van der Waals surface area contributed by atoms with Gasteiger partial charge in [0.15, 0.2) is 0 Å². The lowest BCUT2D eigenvalue weighted by atomic mass is 9.99. The average Bonchev–Trinajstić information content (AvgIpc) is 2.73. The van der Waals surface area contributed by atoms with Crippen LogP contribution >= 0.6 is 0 Å². The summed E-state index contributed by atoms with van der Waals surface area (Å²) in [6, 6.07) is -0.576. The summed E-state index contributed by atoms with van der Waals surface area (Å²) in [5.74, 6) is 0.271. The zero-order chi connectivity index (χ0) is 12.0. The third-order valence-electron chi connectivity index (χ3n) is 2.97. The van der Waals surface area contributed by atoms with E-state index in [9.17, 15) is 4.79 Å². The predicted octanol–water partition coefficient (Wildman–Crippen LogP) is -0.109. The Hall–Kier alpha value is -0.650. The minimum atomic E-state index is -0.576. The van der Waals surface area contributed by atoms with Crippen molar-refractivity contribution in [2.75, 3.05) is 26.9 Å². The van der Waals surface area contributed by atoms with Crippen molar-refractivity contribution in [3.8, 4) is 0 Å². The topological polar surface area (TPSA) is 73.6 Å². The number of carbonyl (C=O) groups excluding carboxylic acids is 1. The van der Waals surface area contributed by atoms with Crippen molar-refractivity contribution in [3.05, 3.63) is 0 Å². The normalized spacial score (nSPS) is 26.7. The number of nitrogens with two attached hydrogens (primary N) is 1. The molecular weight excluding hydrogens is 208 g/mol. The molecule has 0 bridgehead atoms. The molecule has 94 valence electrons. The van der Waals surface area contributed by atoms with Crippen molar-refractivity contribution in [3.63, 3.8) is 0 Å². The van der Waals surface area contributed by atoms with Gasteiger partial charge in [-0.25, -0.2) is 0 Å². The van der Waals surface area contributed by atoms with Crippen LogP contribution in [0.5, 0.6) is 0 Å². The molecule has 0 aromatic rings. The van der Waals surface area contributed by atoms with E-state index in [2.05, 4.69) is 12.2 Å². The highest BCUT2D eigenvalue weighted by molar-refractivity contribution is 5.81. The van der Waals surface area contributed by atoms with Crippen molar-refractivity contribution in [2.45, 2.75) is 31.9 Å². The van der Waals surface area contributed by atoms with Crippen molar-refractivity contribution >= 4 is 5.91 Å². The molecule has 1 aliphatic rings. The molecule has 0 aliphatic carbocycles. The number of ether oxygens (including phenoxy) is 2. The molecule has 1 saturated heterocycles.